The molecule has 0 saturated carbocycles. The highest BCUT2D eigenvalue weighted by Crippen LogP contribution is 2.35. The van der Waals surface area contributed by atoms with Crippen molar-refractivity contribution in [2.45, 2.75) is 34.2 Å². The number of likely N-dealkylation sites (N-methyl/N-ethyl adjacent to an activating group) is 1. The van der Waals surface area contributed by atoms with Crippen molar-refractivity contribution in [3.63, 3.8) is 0 Å². The average molecular weight is 329 g/mol. The second-order valence-corrected chi connectivity index (χ2v) is 5.52. The van der Waals surface area contributed by atoms with Crippen molar-refractivity contribution in [1.29, 1.82) is 0 Å². The van der Waals surface area contributed by atoms with Crippen LogP contribution in [0.15, 0.2) is 4.47 Å². The molecule has 0 atom stereocenters. The highest BCUT2D eigenvalue weighted by Gasteiger charge is 2.16. The van der Waals surface area contributed by atoms with E-state index in [2.05, 4.69) is 54.3 Å². The lowest BCUT2D eigenvalue weighted by molar-refractivity contribution is 0.403. The molecule has 4 heteroatoms. The molecule has 0 fully saturated rings. The lowest BCUT2D eigenvalue weighted by Crippen LogP contribution is -2.27. The van der Waals surface area contributed by atoms with Gasteiger partial charge in [-0.05, 0) is 44.0 Å². The molecule has 0 unspecified atom stereocenters. The minimum absolute atomic E-state index is 0.833. The third-order valence-corrected chi connectivity index (χ3v) is 4.71. The molecule has 0 aliphatic heterocycles. The largest absolute Gasteiger partial charge is 0.496 e. The molecule has 0 amide bonds. The van der Waals surface area contributed by atoms with Gasteiger partial charge in [-0.1, -0.05) is 22.9 Å². The molecule has 19 heavy (non-hydrogen) atoms. The number of hydrogen-bond acceptors (Lipinski definition) is 3. The Hall–Kier alpha value is -0.580. The zero-order valence-electron chi connectivity index (χ0n) is 12.6. The molecule has 0 heterocycles. The van der Waals surface area contributed by atoms with E-state index < -0.39 is 0 Å². The van der Waals surface area contributed by atoms with Crippen LogP contribution in [0.1, 0.15) is 29.2 Å². The normalized spacial score (nSPS) is 10.8. The first kappa shape index (κ1) is 16.5. The average Bonchev–Trinajstić information content (AvgIpc) is 2.41. The van der Waals surface area contributed by atoms with Crippen LogP contribution in [0.2, 0.25) is 0 Å². The molecule has 0 radical (unpaired) electrons. The minimum Gasteiger partial charge on any atom is -0.496 e. The van der Waals surface area contributed by atoms with E-state index in [0.29, 0.717) is 0 Å². The summed E-state index contributed by atoms with van der Waals surface area (Å²) in [5.41, 5.74) is 4.97. The fourth-order valence-corrected chi connectivity index (χ4v) is 2.74. The Labute approximate surface area is 125 Å². The molecule has 0 aliphatic carbocycles. The maximum Gasteiger partial charge on any atom is 0.126 e. The molecule has 0 spiro atoms. The predicted molar refractivity (Wildman–Crippen MR) is 85.2 cm³/mol. The van der Waals surface area contributed by atoms with E-state index in [9.17, 15) is 0 Å². The van der Waals surface area contributed by atoms with Gasteiger partial charge in [0.2, 0.25) is 0 Å². The first-order chi connectivity index (χ1) is 9.04. The number of rotatable bonds is 7. The van der Waals surface area contributed by atoms with E-state index in [1.54, 1.807) is 7.11 Å². The number of hydrogen-bond donors (Lipinski definition) is 2. The van der Waals surface area contributed by atoms with Crippen LogP contribution < -0.4 is 15.4 Å². The van der Waals surface area contributed by atoms with E-state index in [4.69, 9.17) is 4.74 Å². The van der Waals surface area contributed by atoms with Gasteiger partial charge in [-0.3, -0.25) is 0 Å². The number of halogens is 1. The van der Waals surface area contributed by atoms with E-state index in [1.165, 1.54) is 26.7 Å². The van der Waals surface area contributed by atoms with Crippen LogP contribution in [0.4, 0.5) is 0 Å². The summed E-state index contributed by atoms with van der Waals surface area (Å²) < 4.78 is 6.78. The molecular weight excluding hydrogens is 304 g/mol. The van der Waals surface area contributed by atoms with E-state index in [1.807, 2.05) is 0 Å². The molecule has 1 aromatic rings. The molecule has 1 aromatic carbocycles. The Morgan fingerprint density at radius 2 is 1.63 bits per heavy atom. The fourth-order valence-electron chi connectivity index (χ4n) is 2.20. The summed E-state index contributed by atoms with van der Waals surface area (Å²) in [4.78, 5) is 0. The molecule has 0 aromatic heterocycles. The van der Waals surface area contributed by atoms with Gasteiger partial charge in [0.15, 0.2) is 0 Å². The Morgan fingerprint density at radius 1 is 1.00 bits per heavy atom. The maximum atomic E-state index is 5.59. The minimum atomic E-state index is 0.833. The van der Waals surface area contributed by atoms with Gasteiger partial charge in [0.1, 0.15) is 5.75 Å². The van der Waals surface area contributed by atoms with Crippen molar-refractivity contribution in [3.05, 3.63) is 26.7 Å². The molecule has 1 rings (SSSR count). The van der Waals surface area contributed by atoms with E-state index >= 15 is 0 Å². The van der Waals surface area contributed by atoms with Crippen molar-refractivity contribution in [1.82, 2.24) is 10.6 Å². The molecule has 0 bridgehead atoms. The summed E-state index contributed by atoms with van der Waals surface area (Å²) in [5.74, 6) is 1.01. The van der Waals surface area contributed by atoms with Crippen LogP contribution in [-0.4, -0.2) is 26.7 Å². The molecule has 3 nitrogen and oxygen atoms in total. The van der Waals surface area contributed by atoms with Crippen LogP contribution in [-0.2, 0) is 6.54 Å². The number of methoxy groups -OCH3 is 1. The molecule has 0 aliphatic rings. The summed E-state index contributed by atoms with van der Waals surface area (Å²) in [5, 5.41) is 6.77. The van der Waals surface area contributed by atoms with Crippen LogP contribution in [0, 0.1) is 20.8 Å². The van der Waals surface area contributed by atoms with Gasteiger partial charge < -0.3 is 15.4 Å². The molecule has 108 valence electrons. The first-order valence-electron chi connectivity index (χ1n) is 6.78. The predicted octanol–water partition coefficient (Wildman–Crippen LogP) is 3.08. The van der Waals surface area contributed by atoms with E-state index in [-0.39, 0.29) is 0 Å². The number of ether oxygens (including phenoxy) is 1. The van der Waals surface area contributed by atoms with Crippen molar-refractivity contribution in [2.75, 3.05) is 26.7 Å². The number of nitrogens with one attached hydrogen (secondary N) is 2. The van der Waals surface area contributed by atoms with Crippen molar-refractivity contribution < 1.29 is 4.74 Å². The summed E-state index contributed by atoms with van der Waals surface area (Å²) in [6.07, 6.45) is 0. The Kier molecular flexibility index (Phi) is 6.83. The first-order valence-corrected chi connectivity index (χ1v) is 7.57. The van der Waals surface area contributed by atoms with Gasteiger partial charge in [-0.15, -0.1) is 0 Å². The summed E-state index contributed by atoms with van der Waals surface area (Å²) in [7, 11) is 1.75. The maximum absolute atomic E-state index is 5.59. The summed E-state index contributed by atoms with van der Waals surface area (Å²) >= 11 is 3.68. The Balaban J connectivity index is 2.87. The van der Waals surface area contributed by atoms with Crippen LogP contribution in [0.3, 0.4) is 0 Å². The van der Waals surface area contributed by atoms with Crippen LogP contribution >= 0.6 is 15.9 Å². The highest BCUT2D eigenvalue weighted by molar-refractivity contribution is 9.10. The standard InChI is InChI=1S/C15H25BrN2O/c1-6-17-7-8-18-9-13-12(4)14(16)10(2)11(3)15(13)19-5/h17-18H,6-9H2,1-5H3. The number of benzene rings is 1. The van der Waals surface area contributed by atoms with Crippen LogP contribution in [0.5, 0.6) is 5.75 Å². The zero-order valence-corrected chi connectivity index (χ0v) is 14.2. The molecule has 0 saturated heterocycles. The van der Waals surface area contributed by atoms with Gasteiger partial charge in [-0.25, -0.2) is 0 Å². The Bertz CT molecular complexity index is 433. The van der Waals surface area contributed by atoms with Crippen molar-refractivity contribution in [2.24, 2.45) is 0 Å². The summed E-state index contributed by atoms with van der Waals surface area (Å²) in [6, 6.07) is 0. The van der Waals surface area contributed by atoms with Crippen molar-refractivity contribution in [3.8, 4) is 5.75 Å². The topological polar surface area (TPSA) is 33.3 Å². The zero-order chi connectivity index (χ0) is 14.4. The van der Waals surface area contributed by atoms with E-state index in [0.717, 1.165) is 31.9 Å². The highest BCUT2D eigenvalue weighted by atomic mass is 79.9. The molecular formula is C15H25BrN2O. The van der Waals surface area contributed by atoms with Gasteiger partial charge in [0.05, 0.1) is 7.11 Å². The lowest BCUT2D eigenvalue weighted by Gasteiger charge is -2.19. The monoisotopic (exact) mass is 328 g/mol. The van der Waals surface area contributed by atoms with Gasteiger partial charge in [-0.2, -0.15) is 0 Å². The van der Waals surface area contributed by atoms with Gasteiger partial charge >= 0.3 is 0 Å². The second kappa shape index (κ2) is 7.88. The third-order valence-electron chi connectivity index (χ3n) is 3.52. The van der Waals surface area contributed by atoms with Gasteiger partial charge in [0, 0.05) is 29.7 Å². The quantitative estimate of drug-likeness (QED) is 0.754. The fraction of sp³-hybridized carbons (Fsp3) is 0.600. The second-order valence-electron chi connectivity index (χ2n) is 4.73. The SMILES string of the molecule is CCNCCNCc1c(C)c(Br)c(C)c(C)c1OC. The Morgan fingerprint density at radius 3 is 2.21 bits per heavy atom. The summed E-state index contributed by atoms with van der Waals surface area (Å²) in [6.45, 7) is 12.3. The third kappa shape index (κ3) is 3.94. The lowest BCUT2D eigenvalue weighted by atomic mass is 9.99. The van der Waals surface area contributed by atoms with Crippen molar-refractivity contribution >= 4 is 15.9 Å². The van der Waals surface area contributed by atoms with Crippen LogP contribution in [0.25, 0.3) is 0 Å². The smallest absolute Gasteiger partial charge is 0.126 e. The van der Waals surface area contributed by atoms with Gasteiger partial charge in [0.25, 0.3) is 0 Å². The molecule has 2 N–H and O–H groups in total.